The van der Waals surface area contributed by atoms with Gasteiger partial charge < -0.3 is 5.32 Å². The molecule has 2 rings (SSSR count). The Bertz CT molecular complexity index is 519. The first-order valence-electron chi connectivity index (χ1n) is 6.82. The first-order valence-corrected chi connectivity index (χ1v) is 5.82. The zero-order valence-corrected chi connectivity index (χ0v) is 10.3. The molecule has 0 saturated carbocycles. The average molecular weight is 227 g/mol. The molecule has 1 nitrogen and oxygen atoms in total. The zero-order chi connectivity index (χ0) is 13.9. The van der Waals surface area contributed by atoms with Gasteiger partial charge in [0.05, 0.1) is 5.54 Å². The predicted octanol–water partition coefficient (Wildman–Crippen LogP) is 4.42. The number of hydrogen-bond donors (Lipinski definition) is 1. The maximum atomic E-state index is 8.18. The Labute approximate surface area is 106 Å². The molecule has 0 amide bonds. The van der Waals surface area contributed by atoms with Gasteiger partial charge in [0.1, 0.15) is 0 Å². The number of rotatable bonds is 4. The summed E-state index contributed by atoms with van der Waals surface area (Å²) in [7, 11) is 0. The molecule has 0 aromatic heterocycles. The molecule has 0 fully saturated rings. The largest absolute Gasteiger partial charge is 0.376 e. The van der Waals surface area contributed by atoms with Crippen LogP contribution in [0.2, 0.25) is 0 Å². The van der Waals surface area contributed by atoms with Crippen molar-refractivity contribution in [3.63, 3.8) is 0 Å². The summed E-state index contributed by atoms with van der Waals surface area (Å²) in [5, 5.41) is 3.34. The van der Waals surface area contributed by atoms with Crippen LogP contribution in [0.15, 0.2) is 60.7 Å². The topological polar surface area (TPSA) is 12.0 Å². The lowest BCUT2D eigenvalue weighted by Gasteiger charge is -2.31. The van der Waals surface area contributed by atoms with Crippen molar-refractivity contribution in [3.05, 3.63) is 66.2 Å². The molecule has 0 spiro atoms. The minimum Gasteiger partial charge on any atom is -0.376 e. The summed E-state index contributed by atoms with van der Waals surface area (Å²) >= 11 is 0. The lowest BCUT2D eigenvalue weighted by molar-refractivity contribution is 0.523. The molecule has 1 atom stereocenters. The fourth-order valence-corrected chi connectivity index (χ4v) is 1.86. The van der Waals surface area contributed by atoms with Gasteiger partial charge in [0, 0.05) is 8.43 Å². The van der Waals surface area contributed by atoms with Crippen LogP contribution in [0.4, 0.5) is 5.69 Å². The molecule has 17 heavy (non-hydrogen) atoms. The molecule has 1 unspecified atom stereocenters. The van der Waals surface area contributed by atoms with Gasteiger partial charge in [0.2, 0.25) is 0 Å². The Hall–Kier alpha value is -1.76. The van der Waals surface area contributed by atoms with Crippen molar-refractivity contribution in [2.24, 2.45) is 0 Å². The van der Waals surface area contributed by atoms with Crippen LogP contribution in [0.25, 0.3) is 0 Å². The number of hydrogen-bond acceptors (Lipinski definition) is 1. The number of benzene rings is 2. The van der Waals surface area contributed by atoms with E-state index in [1.165, 1.54) is 0 Å². The molecule has 1 heteroatoms. The van der Waals surface area contributed by atoms with E-state index in [4.69, 9.17) is 2.74 Å². The van der Waals surface area contributed by atoms with Gasteiger partial charge in [-0.3, -0.25) is 0 Å². The summed E-state index contributed by atoms with van der Waals surface area (Å²) in [5.41, 5.74) is 1.07. The van der Waals surface area contributed by atoms with Crippen molar-refractivity contribution < 1.29 is 2.74 Å². The summed E-state index contributed by atoms with van der Waals surface area (Å²) in [6, 6.07) is 19.5. The minimum absolute atomic E-state index is 0.782. The predicted molar refractivity (Wildman–Crippen MR) is 74.1 cm³/mol. The first kappa shape index (κ1) is 9.29. The molecule has 2 aromatic rings. The van der Waals surface area contributed by atoms with Crippen molar-refractivity contribution in [2.75, 3.05) is 5.32 Å². The van der Waals surface area contributed by atoms with E-state index < -0.39 is 11.9 Å². The van der Waals surface area contributed by atoms with E-state index in [2.05, 4.69) is 5.32 Å². The standard InChI is InChI=1S/C16H19N/c1-3-16(2,14-10-6-4-7-11-14)17-15-12-8-5-9-13-15/h4-13,17H,3H2,1-2H3/i3D2. The van der Waals surface area contributed by atoms with Crippen LogP contribution in [0.3, 0.4) is 0 Å². The SMILES string of the molecule is [2H]C([2H])(C)C(C)(Nc1ccccc1)c1ccccc1. The fraction of sp³-hybridized carbons (Fsp3) is 0.250. The lowest BCUT2D eigenvalue weighted by Crippen LogP contribution is -2.30. The van der Waals surface area contributed by atoms with Crippen LogP contribution in [0.1, 0.15) is 28.5 Å². The average Bonchev–Trinajstić information content (AvgIpc) is 2.39. The van der Waals surface area contributed by atoms with Crippen LogP contribution in [-0.2, 0) is 5.54 Å². The van der Waals surface area contributed by atoms with E-state index in [1.807, 2.05) is 67.6 Å². The molecule has 0 bridgehead atoms. The van der Waals surface area contributed by atoms with Gasteiger partial charge in [-0.25, -0.2) is 0 Å². The van der Waals surface area contributed by atoms with Gasteiger partial charge in [-0.05, 0) is 31.0 Å². The van der Waals surface area contributed by atoms with Gasteiger partial charge in [-0.1, -0.05) is 55.5 Å². The summed E-state index contributed by atoms with van der Waals surface area (Å²) in [5.74, 6) is 0. The second-order valence-corrected chi connectivity index (χ2v) is 4.23. The van der Waals surface area contributed by atoms with Crippen molar-refractivity contribution in [2.45, 2.75) is 25.8 Å². The molecule has 0 aliphatic carbocycles. The Morgan fingerprint density at radius 3 is 2.06 bits per heavy atom. The molecule has 88 valence electrons. The third-order valence-electron chi connectivity index (χ3n) is 3.02. The highest BCUT2D eigenvalue weighted by Gasteiger charge is 2.23. The fourth-order valence-electron chi connectivity index (χ4n) is 1.86. The lowest BCUT2D eigenvalue weighted by atomic mass is 9.89. The summed E-state index contributed by atoms with van der Waals surface area (Å²) in [6.07, 6.45) is -1.40. The van der Waals surface area contributed by atoms with Crippen LogP contribution in [0, 0.1) is 0 Å². The van der Waals surface area contributed by atoms with Crippen LogP contribution in [-0.4, -0.2) is 0 Å². The van der Waals surface area contributed by atoms with Crippen molar-refractivity contribution in [3.8, 4) is 0 Å². The quantitative estimate of drug-likeness (QED) is 0.815. The summed E-state index contributed by atoms with van der Waals surface area (Å²) in [4.78, 5) is 0. The van der Waals surface area contributed by atoms with Gasteiger partial charge in [-0.15, -0.1) is 0 Å². The normalized spacial score (nSPS) is 16.6. The molecule has 0 aliphatic heterocycles. The molecule has 1 N–H and O–H groups in total. The maximum absolute atomic E-state index is 8.18. The Kier molecular flexibility index (Phi) is 2.76. The van der Waals surface area contributed by atoms with Crippen LogP contribution < -0.4 is 5.32 Å². The van der Waals surface area contributed by atoms with Gasteiger partial charge in [0.15, 0.2) is 0 Å². The molecular weight excluding hydrogens is 206 g/mol. The summed E-state index contributed by atoms with van der Waals surface area (Å²) < 4.78 is 16.4. The number of para-hydroxylation sites is 1. The number of anilines is 1. The molecular formula is C16H19N. The third-order valence-corrected chi connectivity index (χ3v) is 3.02. The second-order valence-electron chi connectivity index (χ2n) is 4.23. The maximum Gasteiger partial charge on any atom is 0.0594 e. The molecule has 0 aliphatic rings. The van der Waals surface area contributed by atoms with Crippen LogP contribution in [0.5, 0.6) is 0 Å². The smallest absolute Gasteiger partial charge is 0.0594 e. The third kappa shape index (κ3) is 2.68. The van der Waals surface area contributed by atoms with Gasteiger partial charge >= 0.3 is 0 Å². The Balaban J connectivity index is 2.42. The highest BCUT2D eigenvalue weighted by molar-refractivity contribution is 5.47. The monoisotopic (exact) mass is 227 g/mol. The highest BCUT2D eigenvalue weighted by atomic mass is 15.0. The van der Waals surface area contributed by atoms with Gasteiger partial charge in [0.25, 0.3) is 0 Å². The van der Waals surface area contributed by atoms with E-state index in [-0.39, 0.29) is 0 Å². The van der Waals surface area contributed by atoms with Crippen molar-refractivity contribution in [1.29, 1.82) is 0 Å². The van der Waals surface area contributed by atoms with E-state index in [9.17, 15) is 0 Å². The van der Waals surface area contributed by atoms with E-state index in [0.717, 1.165) is 11.3 Å². The second kappa shape index (κ2) is 5.05. The van der Waals surface area contributed by atoms with E-state index >= 15 is 0 Å². The van der Waals surface area contributed by atoms with Crippen LogP contribution >= 0.6 is 0 Å². The number of nitrogens with one attached hydrogen (secondary N) is 1. The minimum atomic E-state index is -1.40. The first-order chi connectivity index (χ1) is 8.93. The molecule has 0 saturated heterocycles. The van der Waals surface area contributed by atoms with Crippen molar-refractivity contribution >= 4 is 5.69 Å². The Morgan fingerprint density at radius 2 is 1.53 bits per heavy atom. The van der Waals surface area contributed by atoms with Crippen molar-refractivity contribution in [1.82, 2.24) is 0 Å². The van der Waals surface area contributed by atoms with E-state index in [1.54, 1.807) is 6.92 Å². The van der Waals surface area contributed by atoms with Gasteiger partial charge in [-0.2, -0.15) is 0 Å². The van der Waals surface area contributed by atoms with E-state index in [0.29, 0.717) is 0 Å². The highest BCUT2D eigenvalue weighted by Crippen LogP contribution is 2.28. The Morgan fingerprint density at radius 1 is 1.00 bits per heavy atom. The molecule has 0 radical (unpaired) electrons. The summed E-state index contributed by atoms with van der Waals surface area (Å²) in [6.45, 7) is 3.51. The molecule has 2 aromatic carbocycles. The molecule has 0 heterocycles. The zero-order valence-electron chi connectivity index (χ0n) is 12.3.